The second-order valence-corrected chi connectivity index (χ2v) is 6.22. The molecule has 2 heterocycles. The molecule has 2 aromatic rings. The first kappa shape index (κ1) is 14.0. The van der Waals surface area contributed by atoms with Gasteiger partial charge in [0.1, 0.15) is 0 Å². The van der Waals surface area contributed by atoms with Crippen molar-refractivity contribution >= 4 is 27.7 Å². The monoisotopic (exact) mass is 304 g/mol. The van der Waals surface area contributed by atoms with Crippen LogP contribution in [0.4, 0.5) is 16.4 Å². The molecule has 5 nitrogen and oxygen atoms in total. The van der Waals surface area contributed by atoms with Crippen LogP contribution in [0, 0.1) is 10.1 Å². The Balaban J connectivity index is 2.11. The fourth-order valence-corrected chi connectivity index (χ4v) is 3.77. The molecule has 1 aliphatic rings. The van der Waals surface area contributed by atoms with Gasteiger partial charge >= 0.3 is 5.69 Å². The number of aliphatic hydroxyl groups is 1. The zero-order chi connectivity index (χ0) is 15.0. The highest BCUT2D eigenvalue weighted by Gasteiger charge is 2.28. The lowest BCUT2D eigenvalue weighted by Gasteiger charge is -2.29. The van der Waals surface area contributed by atoms with Gasteiger partial charge in [-0.15, -0.1) is 11.3 Å². The molecule has 0 fully saturated rings. The van der Waals surface area contributed by atoms with Crippen LogP contribution in [0.2, 0.25) is 0 Å². The van der Waals surface area contributed by atoms with Crippen molar-refractivity contribution in [2.24, 2.45) is 0 Å². The molecule has 1 N–H and O–H groups in total. The predicted octanol–water partition coefficient (Wildman–Crippen LogP) is 3.79. The minimum Gasteiger partial charge on any atom is -0.388 e. The lowest BCUT2D eigenvalue weighted by Crippen LogP contribution is -2.24. The highest BCUT2D eigenvalue weighted by atomic mass is 32.1. The minimum atomic E-state index is -0.692. The quantitative estimate of drug-likeness (QED) is 0.692. The van der Waals surface area contributed by atoms with Crippen LogP contribution in [0.25, 0.3) is 0 Å². The number of thiophene rings is 1. The second-order valence-electron chi connectivity index (χ2n) is 5.16. The van der Waals surface area contributed by atoms with Crippen LogP contribution in [0.15, 0.2) is 30.3 Å². The summed E-state index contributed by atoms with van der Waals surface area (Å²) in [6.45, 7) is 2.39. The van der Waals surface area contributed by atoms with E-state index in [9.17, 15) is 15.2 Å². The van der Waals surface area contributed by atoms with Gasteiger partial charge in [0.2, 0.25) is 0 Å². The fraction of sp³-hybridized carbons (Fsp3) is 0.333. The highest BCUT2D eigenvalue weighted by Crippen LogP contribution is 2.45. The van der Waals surface area contributed by atoms with E-state index in [1.807, 2.05) is 23.1 Å². The van der Waals surface area contributed by atoms with E-state index < -0.39 is 6.10 Å². The Morgan fingerprint density at radius 3 is 2.90 bits per heavy atom. The molecule has 0 bridgehead atoms. The summed E-state index contributed by atoms with van der Waals surface area (Å²) in [6.07, 6.45) is 1.27. The molecule has 1 atom stereocenters. The van der Waals surface area contributed by atoms with Crippen LogP contribution >= 0.6 is 11.3 Å². The number of rotatable bonds is 3. The summed E-state index contributed by atoms with van der Waals surface area (Å²) in [7, 11) is 0. The van der Waals surface area contributed by atoms with Gasteiger partial charge in [0.15, 0.2) is 5.00 Å². The van der Waals surface area contributed by atoms with Crippen molar-refractivity contribution in [1.82, 2.24) is 0 Å². The molecule has 0 amide bonds. The number of aliphatic hydroxyl groups excluding tert-OH is 1. The number of nitrogens with zero attached hydrogens (tertiary/aromatic N) is 2. The molecule has 0 saturated carbocycles. The van der Waals surface area contributed by atoms with Gasteiger partial charge < -0.3 is 10.0 Å². The van der Waals surface area contributed by atoms with Gasteiger partial charge in [0.25, 0.3) is 0 Å². The summed E-state index contributed by atoms with van der Waals surface area (Å²) in [6, 6.07) is 9.50. The fourth-order valence-electron chi connectivity index (χ4n) is 2.66. The standard InChI is InChI=1S/C15H16N2O3S/c1-10(18)14-9-13(17(19)20)15(21-14)16-8-4-6-11-5-2-3-7-12(11)16/h2-3,5,7,9-10,18H,4,6,8H2,1H3. The summed E-state index contributed by atoms with van der Waals surface area (Å²) >= 11 is 1.30. The van der Waals surface area contributed by atoms with Gasteiger partial charge in [0, 0.05) is 23.2 Å². The average molecular weight is 304 g/mol. The third-order valence-corrected chi connectivity index (χ3v) is 4.99. The first-order chi connectivity index (χ1) is 10.1. The molecule has 3 rings (SSSR count). The molecule has 0 saturated heterocycles. The topological polar surface area (TPSA) is 66.6 Å². The summed E-state index contributed by atoms with van der Waals surface area (Å²) < 4.78 is 0. The molecular formula is C15H16N2O3S. The number of hydrogen-bond donors (Lipinski definition) is 1. The number of para-hydroxylation sites is 1. The molecule has 0 aliphatic carbocycles. The van der Waals surface area contributed by atoms with Gasteiger partial charge in [-0.05, 0) is 31.4 Å². The second kappa shape index (κ2) is 5.46. The molecule has 1 aromatic heterocycles. The van der Waals surface area contributed by atoms with Gasteiger partial charge in [-0.2, -0.15) is 0 Å². The Hall–Kier alpha value is -1.92. The molecule has 6 heteroatoms. The number of hydrogen-bond acceptors (Lipinski definition) is 5. The van der Waals surface area contributed by atoms with Crippen molar-refractivity contribution in [2.75, 3.05) is 11.4 Å². The van der Waals surface area contributed by atoms with E-state index >= 15 is 0 Å². The van der Waals surface area contributed by atoms with Crippen molar-refractivity contribution in [3.05, 3.63) is 50.9 Å². The number of anilines is 2. The van der Waals surface area contributed by atoms with Crippen molar-refractivity contribution in [1.29, 1.82) is 0 Å². The zero-order valence-electron chi connectivity index (χ0n) is 11.7. The van der Waals surface area contributed by atoms with Gasteiger partial charge in [-0.25, -0.2) is 0 Å². The van der Waals surface area contributed by atoms with E-state index in [2.05, 4.69) is 6.07 Å². The van der Waals surface area contributed by atoms with Crippen LogP contribution in [0.1, 0.15) is 29.9 Å². The summed E-state index contributed by atoms with van der Waals surface area (Å²) in [5, 5.41) is 21.6. The van der Waals surface area contributed by atoms with E-state index in [0.29, 0.717) is 9.88 Å². The van der Waals surface area contributed by atoms with Crippen LogP contribution in [0.5, 0.6) is 0 Å². The zero-order valence-corrected chi connectivity index (χ0v) is 12.5. The summed E-state index contributed by atoms with van der Waals surface area (Å²) in [5.41, 5.74) is 2.32. The SMILES string of the molecule is CC(O)c1cc([N+](=O)[O-])c(N2CCCc3ccccc32)s1. The van der Waals surface area contributed by atoms with E-state index in [1.54, 1.807) is 6.92 Å². The Morgan fingerprint density at radius 1 is 1.43 bits per heavy atom. The molecule has 0 radical (unpaired) electrons. The summed E-state index contributed by atoms with van der Waals surface area (Å²) in [4.78, 5) is 13.6. The Kier molecular flexibility index (Phi) is 3.65. The molecule has 1 aromatic carbocycles. The van der Waals surface area contributed by atoms with E-state index in [-0.39, 0.29) is 10.6 Å². The van der Waals surface area contributed by atoms with Gasteiger partial charge in [0.05, 0.1) is 11.0 Å². The molecule has 21 heavy (non-hydrogen) atoms. The highest BCUT2D eigenvalue weighted by molar-refractivity contribution is 7.16. The van der Waals surface area contributed by atoms with Gasteiger partial charge in [-0.1, -0.05) is 18.2 Å². The Labute approximate surface area is 126 Å². The van der Waals surface area contributed by atoms with E-state index in [1.165, 1.54) is 23.0 Å². The number of aryl methyl sites for hydroxylation is 1. The predicted molar refractivity (Wildman–Crippen MR) is 83.4 cm³/mol. The smallest absolute Gasteiger partial charge is 0.304 e. The molecule has 0 spiro atoms. The largest absolute Gasteiger partial charge is 0.388 e. The first-order valence-corrected chi connectivity index (χ1v) is 7.71. The third-order valence-electron chi connectivity index (χ3n) is 3.68. The maximum absolute atomic E-state index is 11.3. The number of nitro groups is 1. The van der Waals surface area contributed by atoms with Crippen LogP contribution in [0.3, 0.4) is 0 Å². The van der Waals surface area contributed by atoms with Crippen LogP contribution in [-0.2, 0) is 6.42 Å². The Bertz CT molecular complexity index is 681. The minimum absolute atomic E-state index is 0.0765. The maximum Gasteiger partial charge on any atom is 0.304 e. The van der Waals surface area contributed by atoms with Crippen LogP contribution < -0.4 is 4.90 Å². The van der Waals surface area contributed by atoms with Crippen LogP contribution in [-0.4, -0.2) is 16.6 Å². The molecule has 1 aliphatic heterocycles. The van der Waals surface area contributed by atoms with E-state index in [0.717, 1.165) is 25.1 Å². The van der Waals surface area contributed by atoms with Crippen molar-refractivity contribution in [3.63, 3.8) is 0 Å². The molecule has 1 unspecified atom stereocenters. The van der Waals surface area contributed by atoms with Crippen molar-refractivity contribution < 1.29 is 10.0 Å². The van der Waals surface area contributed by atoms with Crippen molar-refractivity contribution in [2.45, 2.75) is 25.9 Å². The van der Waals surface area contributed by atoms with Gasteiger partial charge in [-0.3, -0.25) is 10.1 Å². The normalized spacial score (nSPS) is 15.6. The van der Waals surface area contributed by atoms with E-state index in [4.69, 9.17) is 0 Å². The number of fused-ring (bicyclic) bond motifs is 1. The molecular weight excluding hydrogens is 288 g/mol. The maximum atomic E-state index is 11.3. The molecule has 110 valence electrons. The lowest BCUT2D eigenvalue weighted by molar-refractivity contribution is -0.383. The Morgan fingerprint density at radius 2 is 2.19 bits per heavy atom. The first-order valence-electron chi connectivity index (χ1n) is 6.89. The lowest BCUT2D eigenvalue weighted by atomic mass is 10.0. The summed E-state index contributed by atoms with van der Waals surface area (Å²) in [5.74, 6) is 0. The number of benzene rings is 1. The average Bonchev–Trinajstić information content (AvgIpc) is 2.92. The third kappa shape index (κ3) is 2.52. The van der Waals surface area contributed by atoms with Crippen molar-refractivity contribution in [3.8, 4) is 0 Å².